The minimum absolute atomic E-state index is 0. The molecule has 5 heteroatoms. The second-order valence-electron chi connectivity index (χ2n) is 3.19. The Morgan fingerprint density at radius 1 is 1.44 bits per heavy atom. The number of nitrogens with one attached hydrogen (secondary N) is 1. The van der Waals surface area contributed by atoms with Gasteiger partial charge in [0, 0.05) is 6.61 Å². The molecule has 0 atom stereocenters. The third kappa shape index (κ3) is 5.00. The van der Waals surface area contributed by atoms with E-state index in [9.17, 15) is 4.79 Å². The molecule has 1 aromatic carbocycles. The van der Waals surface area contributed by atoms with Crippen LogP contribution in [0.15, 0.2) is 24.3 Å². The number of halogens is 1. The minimum atomic E-state index is -0.179. The van der Waals surface area contributed by atoms with Crippen molar-refractivity contribution in [2.45, 2.75) is 13.3 Å². The monoisotopic (exact) mass is 244 g/mol. The predicted octanol–water partition coefficient (Wildman–Crippen LogP) is 2.06. The number of hydrogen-bond donors (Lipinski definition) is 2. The average molecular weight is 245 g/mol. The molecule has 0 unspecified atom stereocenters. The van der Waals surface area contributed by atoms with Gasteiger partial charge in [-0.15, -0.1) is 12.4 Å². The molecule has 0 saturated heterocycles. The number of anilines is 2. The van der Waals surface area contributed by atoms with Gasteiger partial charge in [-0.25, -0.2) is 0 Å². The number of ether oxygens (including phenoxy) is 1. The van der Waals surface area contributed by atoms with Crippen LogP contribution in [0.25, 0.3) is 0 Å². The van der Waals surface area contributed by atoms with Gasteiger partial charge in [-0.3, -0.25) is 4.79 Å². The van der Waals surface area contributed by atoms with Gasteiger partial charge < -0.3 is 15.8 Å². The Morgan fingerprint density at radius 2 is 2.12 bits per heavy atom. The number of para-hydroxylation sites is 2. The van der Waals surface area contributed by atoms with Crippen molar-refractivity contribution in [1.82, 2.24) is 0 Å². The number of hydrogen-bond acceptors (Lipinski definition) is 3. The Balaban J connectivity index is 0.00000225. The highest BCUT2D eigenvalue weighted by molar-refractivity contribution is 5.94. The molecule has 0 bridgehead atoms. The molecular formula is C11H17ClN2O2. The van der Waals surface area contributed by atoms with Gasteiger partial charge in [0.15, 0.2) is 0 Å². The molecular weight excluding hydrogens is 228 g/mol. The van der Waals surface area contributed by atoms with E-state index in [0.29, 0.717) is 18.0 Å². The fourth-order valence-electron chi connectivity index (χ4n) is 1.11. The first kappa shape index (κ1) is 14.7. The number of carbonyl (C=O) groups excluding carboxylic acids is 1. The van der Waals surface area contributed by atoms with Crippen LogP contribution in [-0.4, -0.2) is 19.1 Å². The van der Waals surface area contributed by atoms with E-state index in [1.165, 1.54) is 0 Å². The van der Waals surface area contributed by atoms with Crippen molar-refractivity contribution < 1.29 is 9.53 Å². The summed E-state index contributed by atoms with van der Waals surface area (Å²) in [5.74, 6) is -0.179. The highest BCUT2D eigenvalue weighted by atomic mass is 35.5. The average Bonchev–Trinajstić information content (AvgIpc) is 2.22. The molecule has 1 rings (SSSR count). The van der Waals surface area contributed by atoms with Crippen LogP contribution in [0.2, 0.25) is 0 Å². The first-order chi connectivity index (χ1) is 7.24. The van der Waals surface area contributed by atoms with Crippen LogP contribution in [0.4, 0.5) is 11.4 Å². The predicted molar refractivity (Wildman–Crippen MR) is 67.8 cm³/mol. The second kappa shape index (κ2) is 7.96. The van der Waals surface area contributed by atoms with Crippen molar-refractivity contribution in [1.29, 1.82) is 0 Å². The maximum absolute atomic E-state index is 11.3. The zero-order valence-corrected chi connectivity index (χ0v) is 10.0. The smallest absolute Gasteiger partial charge is 0.250 e. The Hall–Kier alpha value is -1.26. The van der Waals surface area contributed by atoms with Crippen LogP contribution in [0, 0.1) is 0 Å². The van der Waals surface area contributed by atoms with E-state index in [1.807, 2.05) is 19.1 Å². The summed E-state index contributed by atoms with van der Waals surface area (Å²) >= 11 is 0. The van der Waals surface area contributed by atoms with Crippen LogP contribution in [0.1, 0.15) is 13.3 Å². The minimum Gasteiger partial charge on any atom is -0.397 e. The molecule has 0 aliphatic heterocycles. The second-order valence-corrected chi connectivity index (χ2v) is 3.19. The Labute approximate surface area is 102 Å². The first-order valence-electron chi connectivity index (χ1n) is 4.96. The quantitative estimate of drug-likeness (QED) is 0.616. The fourth-order valence-corrected chi connectivity index (χ4v) is 1.11. The van der Waals surface area contributed by atoms with Crippen LogP contribution in [-0.2, 0) is 9.53 Å². The number of rotatable bonds is 5. The van der Waals surface area contributed by atoms with E-state index >= 15 is 0 Å². The molecule has 1 aromatic rings. The van der Waals surface area contributed by atoms with E-state index in [-0.39, 0.29) is 24.9 Å². The van der Waals surface area contributed by atoms with E-state index in [1.54, 1.807) is 12.1 Å². The van der Waals surface area contributed by atoms with Crippen molar-refractivity contribution in [3.05, 3.63) is 24.3 Å². The lowest BCUT2D eigenvalue weighted by Gasteiger charge is -2.07. The highest BCUT2D eigenvalue weighted by Gasteiger charge is 2.03. The van der Waals surface area contributed by atoms with E-state index in [2.05, 4.69) is 5.32 Å². The lowest BCUT2D eigenvalue weighted by molar-refractivity contribution is -0.120. The summed E-state index contributed by atoms with van der Waals surface area (Å²) in [4.78, 5) is 11.3. The Kier molecular flexibility index (Phi) is 7.33. The van der Waals surface area contributed by atoms with Gasteiger partial charge in [-0.2, -0.15) is 0 Å². The molecule has 0 aliphatic carbocycles. The van der Waals surface area contributed by atoms with Crippen molar-refractivity contribution >= 4 is 29.7 Å². The normalized spacial score (nSPS) is 9.31. The zero-order chi connectivity index (χ0) is 11.1. The molecule has 0 saturated carbocycles. The molecule has 0 fully saturated rings. The molecule has 3 N–H and O–H groups in total. The number of nitrogen functional groups attached to an aromatic ring is 1. The Morgan fingerprint density at radius 3 is 2.75 bits per heavy atom. The third-order valence-corrected chi connectivity index (χ3v) is 1.82. The lowest BCUT2D eigenvalue weighted by Crippen LogP contribution is -2.19. The summed E-state index contributed by atoms with van der Waals surface area (Å²) < 4.78 is 5.10. The van der Waals surface area contributed by atoms with Crippen molar-refractivity contribution in [3.8, 4) is 0 Å². The molecule has 0 aliphatic rings. The lowest BCUT2D eigenvalue weighted by atomic mass is 10.3. The summed E-state index contributed by atoms with van der Waals surface area (Å²) in [6.07, 6.45) is 0.904. The van der Waals surface area contributed by atoms with E-state index in [0.717, 1.165) is 6.42 Å². The van der Waals surface area contributed by atoms with Crippen LogP contribution in [0.5, 0.6) is 0 Å². The molecule has 1 amide bonds. The van der Waals surface area contributed by atoms with E-state index < -0.39 is 0 Å². The zero-order valence-electron chi connectivity index (χ0n) is 9.23. The summed E-state index contributed by atoms with van der Waals surface area (Å²) in [7, 11) is 0. The van der Waals surface area contributed by atoms with Crippen LogP contribution >= 0.6 is 12.4 Å². The van der Waals surface area contributed by atoms with Gasteiger partial charge in [0.1, 0.15) is 6.61 Å². The molecule has 90 valence electrons. The number of amides is 1. The van der Waals surface area contributed by atoms with Crippen molar-refractivity contribution in [3.63, 3.8) is 0 Å². The summed E-state index contributed by atoms with van der Waals surface area (Å²) in [6, 6.07) is 7.13. The van der Waals surface area contributed by atoms with Gasteiger partial charge in [0.25, 0.3) is 0 Å². The van der Waals surface area contributed by atoms with Gasteiger partial charge in [-0.1, -0.05) is 19.1 Å². The Bertz CT molecular complexity index is 332. The standard InChI is InChI=1S/C11H16N2O2.ClH/c1-2-7-15-8-11(14)13-10-6-4-3-5-9(10)12;/h3-6H,2,7-8,12H2,1H3,(H,13,14);1H. The SMILES string of the molecule is CCCOCC(=O)Nc1ccccc1N.Cl. The summed E-state index contributed by atoms with van der Waals surface area (Å²) in [5, 5.41) is 2.68. The fraction of sp³-hybridized carbons (Fsp3) is 0.364. The van der Waals surface area contributed by atoms with Crippen molar-refractivity contribution in [2.24, 2.45) is 0 Å². The van der Waals surface area contributed by atoms with E-state index in [4.69, 9.17) is 10.5 Å². The number of nitrogens with two attached hydrogens (primary N) is 1. The maximum Gasteiger partial charge on any atom is 0.250 e. The first-order valence-corrected chi connectivity index (χ1v) is 4.96. The molecule has 0 aromatic heterocycles. The summed E-state index contributed by atoms with van der Waals surface area (Å²) in [5.41, 5.74) is 6.85. The number of carbonyl (C=O) groups is 1. The highest BCUT2D eigenvalue weighted by Crippen LogP contribution is 2.16. The van der Waals surface area contributed by atoms with Crippen LogP contribution in [0.3, 0.4) is 0 Å². The topological polar surface area (TPSA) is 64.3 Å². The molecule has 0 radical (unpaired) electrons. The van der Waals surface area contributed by atoms with Gasteiger partial charge in [0.2, 0.25) is 5.91 Å². The van der Waals surface area contributed by atoms with Gasteiger partial charge in [0.05, 0.1) is 11.4 Å². The number of benzene rings is 1. The van der Waals surface area contributed by atoms with Crippen LogP contribution < -0.4 is 11.1 Å². The largest absolute Gasteiger partial charge is 0.397 e. The third-order valence-electron chi connectivity index (χ3n) is 1.82. The molecule has 16 heavy (non-hydrogen) atoms. The van der Waals surface area contributed by atoms with Gasteiger partial charge >= 0.3 is 0 Å². The maximum atomic E-state index is 11.3. The van der Waals surface area contributed by atoms with Gasteiger partial charge in [-0.05, 0) is 18.6 Å². The van der Waals surface area contributed by atoms with Crippen molar-refractivity contribution in [2.75, 3.05) is 24.3 Å². The molecule has 0 spiro atoms. The molecule has 0 heterocycles. The summed E-state index contributed by atoms with van der Waals surface area (Å²) in [6.45, 7) is 2.66. The molecule has 4 nitrogen and oxygen atoms in total.